The van der Waals surface area contributed by atoms with Gasteiger partial charge in [0.15, 0.2) is 26.1 Å². The number of nitrogens with zero attached hydrogens (tertiary/aromatic N) is 1. The van der Waals surface area contributed by atoms with Gasteiger partial charge in [0, 0.05) is 24.9 Å². The van der Waals surface area contributed by atoms with Crippen molar-refractivity contribution in [2.75, 3.05) is 19.6 Å². The van der Waals surface area contributed by atoms with E-state index < -0.39 is 20.5 Å². The molecule has 1 atom stereocenters. The molecule has 2 N–H and O–H groups in total. The summed E-state index contributed by atoms with van der Waals surface area (Å²) in [6, 6.07) is 11.1. The summed E-state index contributed by atoms with van der Waals surface area (Å²) in [6.45, 7) is 1.77. The molecule has 2 heterocycles. The minimum Gasteiger partial charge on any atom is -0.454 e. The van der Waals surface area contributed by atoms with Gasteiger partial charge in [-0.15, -0.1) is 0 Å². The third-order valence-electron chi connectivity index (χ3n) is 5.95. The Labute approximate surface area is 179 Å². The van der Waals surface area contributed by atoms with Crippen molar-refractivity contribution >= 4 is 21.7 Å². The first-order chi connectivity index (χ1) is 14.6. The lowest BCUT2D eigenvalue weighted by atomic mass is 10.00. The highest BCUT2D eigenvalue weighted by Crippen LogP contribution is 2.37. The first-order valence-corrected chi connectivity index (χ1v) is 11.5. The second-order valence-electron chi connectivity index (χ2n) is 7.86. The average Bonchev–Trinajstić information content (AvgIpc) is 3.33. The first-order valence-electron chi connectivity index (χ1n) is 9.60. The summed E-state index contributed by atoms with van der Waals surface area (Å²) in [5.41, 5.74) is 4.60. The average molecular weight is 446 g/mol. The summed E-state index contributed by atoms with van der Waals surface area (Å²) in [5, 5.41) is 8.96. The number of rotatable bonds is 6. The summed E-state index contributed by atoms with van der Waals surface area (Å²) >= 11 is 0. The van der Waals surface area contributed by atoms with Gasteiger partial charge in [-0.05, 0) is 54.3 Å². The summed E-state index contributed by atoms with van der Waals surface area (Å²) in [6.07, 6.45) is 0.785. The number of hydroxylamine groups is 1. The topological polar surface area (TPSA) is 122 Å². The van der Waals surface area contributed by atoms with E-state index in [2.05, 4.69) is 0 Å². The van der Waals surface area contributed by atoms with Gasteiger partial charge >= 0.3 is 0 Å². The van der Waals surface area contributed by atoms with Crippen LogP contribution in [-0.2, 0) is 21.2 Å². The Kier molecular flexibility index (Phi) is 5.14. The van der Waals surface area contributed by atoms with Crippen molar-refractivity contribution in [2.45, 2.75) is 24.6 Å². The van der Waals surface area contributed by atoms with Gasteiger partial charge in [-0.25, -0.2) is 13.9 Å². The number of benzene rings is 2. The SMILES string of the molecule is CC(CCN1Cc2cc(-c3ccc4c(c3)OCO4)ccc2C1=O)(C(=O)NO)S(C)(=O)=O. The van der Waals surface area contributed by atoms with Crippen LogP contribution < -0.4 is 15.0 Å². The highest BCUT2D eigenvalue weighted by Gasteiger charge is 2.44. The normalized spacial score (nSPS) is 16.7. The molecular formula is C21H22N2O7S. The highest BCUT2D eigenvalue weighted by molar-refractivity contribution is 7.92. The second kappa shape index (κ2) is 7.54. The van der Waals surface area contributed by atoms with Gasteiger partial charge in [0.2, 0.25) is 6.79 Å². The zero-order valence-electron chi connectivity index (χ0n) is 17.0. The maximum Gasteiger partial charge on any atom is 0.264 e. The van der Waals surface area contributed by atoms with Crippen molar-refractivity contribution in [3.05, 3.63) is 47.5 Å². The van der Waals surface area contributed by atoms with E-state index in [1.807, 2.05) is 30.3 Å². The van der Waals surface area contributed by atoms with Crippen LogP contribution in [0.5, 0.6) is 11.5 Å². The minimum absolute atomic E-state index is 0.0455. The van der Waals surface area contributed by atoms with Crippen molar-refractivity contribution < 1.29 is 32.7 Å². The van der Waals surface area contributed by atoms with Gasteiger partial charge in [0.05, 0.1) is 0 Å². The summed E-state index contributed by atoms with van der Waals surface area (Å²) in [4.78, 5) is 26.3. The predicted molar refractivity (Wildman–Crippen MR) is 111 cm³/mol. The van der Waals surface area contributed by atoms with Gasteiger partial charge < -0.3 is 14.4 Å². The van der Waals surface area contributed by atoms with Crippen LogP contribution in [0.25, 0.3) is 11.1 Å². The largest absolute Gasteiger partial charge is 0.454 e. The van der Waals surface area contributed by atoms with E-state index in [9.17, 15) is 18.0 Å². The standard InChI is InChI=1S/C21H22N2O7S/c1-21(20(25)22-26,31(2,27)28)7-8-23-11-15-9-13(3-5-16(15)19(23)24)14-4-6-17-18(10-14)30-12-29-17/h3-6,9-10,26H,7-8,11-12H2,1-2H3,(H,22,25). The van der Waals surface area contributed by atoms with Gasteiger partial charge in [0.1, 0.15) is 0 Å². The molecule has 2 aliphatic heterocycles. The van der Waals surface area contributed by atoms with Crippen LogP contribution in [0.4, 0.5) is 0 Å². The Morgan fingerprint density at radius 3 is 2.55 bits per heavy atom. The molecule has 31 heavy (non-hydrogen) atoms. The lowest BCUT2D eigenvalue weighted by Crippen LogP contribution is -2.50. The fraction of sp³-hybridized carbons (Fsp3) is 0.333. The van der Waals surface area contributed by atoms with Crippen LogP contribution >= 0.6 is 0 Å². The van der Waals surface area contributed by atoms with Crippen molar-refractivity contribution in [1.82, 2.24) is 10.4 Å². The van der Waals surface area contributed by atoms with Gasteiger partial charge in [-0.3, -0.25) is 14.8 Å². The molecule has 164 valence electrons. The second-order valence-corrected chi connectivity index (χ2v) is 10.3. The Hall–Kier alpha value is -3.11. The molecule has 0 aliphatic carbocycles. The molecule has 0 bridgehead atoms. The molecule has 0 saturated carbocycles. The van der Waals surface area contributed by atoms with Gasteiger partial charge in [-0.1, -0.05) is 12.1 Å². The van der Waals surface area contributed by atoms with Crippen molar-refractivity contribution in [3.8, 4) is 22.6 Å². The molecule has 0 saturated heterocycles. The van der Waals surface area contributed by atoms with Crippen molar-refractivity contribution in [1.29, 1.82) is 0 Å². The molecule has 2 amide bonds. The summed E-state index contributed by atoms with van der Waals surface area (Å²) < 4.78 is 33.2. The zero-order chi connectivity index (χ0) is 22.4. The molecule has 2 aromatic rings. The van der Waals surface area contributed by atoms with E-state index in [-0.39, 0.29) is 25.7 Å². The number of fused-ring (bicyclic) bond motifs is 2. The van der Waals surface area contributed by atoms with Crippen LogP contribution in [-0.4, -0.2) is 54.7 Å². The molecule has 9 nitrogen and oxygen atoms in total. The molecule has 0 spiro atoms. The summed E-state index contributed by atoms with van der Waals surface area (Å²) in [7, 11) is -3.83. The minimum atomic E-state index is -3.83. The number of ether oxygens (including phenoxy) is 2. The van der Waals surface area contributed by atoms with E-state index in [4.69, 9.17) is 14.7 Å². The van der Waals surface area contributed by atoms with Gasteiger partial charge in [0.25, 0.3) is 11.8 Å². The number of sulfone groups is 1. The number of amides is 2. The van der Waals surface area contributed by atoms with Crippen LogP contribution in [0.2, 0.25) is 0 Å². The Balaban J connectivity index is 1.54. The molecule has 0 aromatic heterocycles. The maximum absolute atomic E-state index is 12.8. The first kappa shape index (κ1) is 21.1. The predicted octanol–water partition coefficient (Wildman–Crippen LogP) is 1.74. The van der Waals surface area contributed by atoms with E-state index in [0.717, 1.165) is 22.9 Å². The fourth-order valence-corrected chi connectivity index (χ4v) is 4.60. The lowest BCUT2D eigenvalue weighted by Gasteiger charge is -2.27. The molecule has 0 radical (unpaired) electrons. The van der Waals surface area contributed by atoms with Crippen LogP contribution in [0.3, 0.4) is 0 Å². The number of hydrogen-bond donors (Lipinski definition) is 2. The number of carbonyl (C=O) groups excluding carboxylic acids is 2. The van der Waals surface area contributed by atoms with Crippen LogP contribution in [0.1, 0.15) is 29.3 Å². The smallest absolute Gasteiger partial charge is 0.264 e. The molecule has 4 rings (SSSR count). The van der Waals surface area contributed by atoms with E-state index >= 15 is 0 Å². The maximum atomic E-state index is 12.8. The van der Waals surface area contributed by atoms with Crippen LogP contribution in [0.15, 0.2) is 36.4 Å². The summed E-state index contributed by atoms with van der Waals surface area (Å²) in [5.74, 6) is 0.0989. The Morgan fingerprint density at radius 1 is 1.16 bits per heavy atom. The molecule has 2 aromatic carbocycles. The van der Waals surface area contributed by atoms with Gasteiger partial charge in [-0.2, -0.15) is 0 Å². The molecule has 0 fully saturated rings. The van der Waals surface area contributed by atoms with Crippen LogP contribution in [0, 0.1) is 0 Å². The number of carbonyl (C=O) groups is 2. The monoisotopic (exact) mass is 446 g/mol. The third kappa shape index (κ3) is 3.61. The van der Waals surface area contributed by atoms with E-state index in [0.29, 0.717) is 23.6 Å². The Bertz CT molecular complexity index is 1180. The molecule has 10 heteroatoms. The van der Waals surface area contributed by atoms with E-state index in [1.165, 1.54) is 17.3 Å². The fourth-order valence-electron chi connectivity index (χ4n) is 3.75. The van der Waals surface area contributed by atoms with Crippen molar-refractivity contribution in [2.24, 2.45) is 0 Å². The molecule has 2 aliphatic rings. The zero-order valence-corrected chi connectivity index (χ0v) is 17.9. The molecule has 1 unspecified atom stereocenters. The lowest BCUT2D eigenvalue weighted by molar-refractivity contribution is -0.131. The molecular weight excluding hydrogens is 424 g/mol. The third-order valence-corrected chi connectivity index (χ3v) is 7.98. The highest BCUT2D eigenvalue weighted by atomic mass is 32.2. The quantitative estimate of drug-likeness (QED) is 0.512. The Morgan fingerprint density at radius 2 is 1.84 bits per heavy atom. The number of nitrogens with one attached hydrogen (secondary N) is 1. The number of hydrogen-bond acceptors (Lipinski definition) is 7. The van der Waals surface area contributed by atoms with Crippen molar-refractivity contribution in [3.63, 3.8) is 0 Å². The van der Waals surface area contributed by atoms with E-state index in [1.54, 1.807) is 6.07 Å².